The van der Waals surface area contributed by atoms with E-state index in [0.717, 1.165) is 11.9 Å². The minimum absolute atomic E-state index is 0.143. The molecule has 0 unspecified atom stereocenters. The van der Waals surface area contributed by atoms with Crippen LogP contribution in [0.1, 0.15) is 23.8 Å². The molecular weight excluding hydrogens is 208 g/mol. The molecule has 0 aromatic carbocycles. The summed E-state index contributed by atoms with van der Waals surface area (Å²) in [6, 6.07) is 3.26. The number of hydrogen-bond acceptors (Lipinski definition) is 3. The van der Waals surface area contributed by atoms with E-state index >= 15 is 0 Å². The van der Waals surface area contributed by atoms with Gasteiger partial charge in [-0.15, -0.1) is 0 Å². The number of carboxylic acid groups (broad SMARTS) is 1. The molecule has 0 radical (unpaired) electrons. The summed E-state index contributed by atoms with van der Waals surface area (Å²) in [5.74, 6) is -0.513. The van der Waals surface area contributed by atoms with Gasteiger partial charge in [0.25, 0.3) is 0 Å². The van der Waals surface area contributed by atoms with Crippen LogP contribution in [-0.2, 0) is 0 Å². The zero-order chi connectivity index (χ0) is 11.5. The Bertz CT molecular complexity index is 519. The van der Waals surface area contributed by atoms with E-state index in [0.29, 0.717) is 17.9 Å². The molecular formula is C11H12N2O3. The van der Waals surface area contributed by atoms with Crippen LogP contribution in [0.4, 0.5) is 0 Å². The average molecular weight is 220 g/mol. The zero-order valence-electron chi connectivity index (χ0n) is 8.86. The SMILES string of the molecule is CCCOc1nccc2[nH]c(C(=O)O)cc12. The number of H-pyrrole nitrogens is 1. The Hall–Kier alpha value is -2.04. The fourth-order valence-electron chi connectivity index (χ4n) is 1.46. The van der Waals surface area contributed by atoms with E-state index in [1.54, 1.807) is 12.3 Å². The molecule has 0 saturated heterocycles. The van der Waals surface area contributed by atoms with Crippen molar-refractivity contribution >= 4 is 16.9 Å². The van der Waals surface area contributed by atoms with Crippen molar-refractivity contribution in [3.8, 4) is 5.88 Å². The van der Waals surface area contributed by atoms with E-state index in [1.165, 1.54) is 6.07 Å². The fraction of sp³-hybridized carbons (Fsp3) is 0.273. The van der Waals surface area contributed by atoms with Crippen LogP contribution in [0.2, 0.25) is 0 Å². The van der Waals surface area contributed by atoms with E-state index < -0.39 is 5.97 Å². The number of fused-ring (bicyclic) bond motifs is 1. The summed E-state index contributed by atoms with van der Waals surface area (Å²) in [5, 5.41) is 9.56. The van der Waals surface area contributed by atoms with Crippen LogP contribution in [0, 0.1) is 0 Å². The first kappa shape index (κ1) is 10.5. The fourth-order valence-corrected chi connectivity index (χ4v) is 1.46. The molecule has 2 aromatic rings. The summed E-state index contributed by atoms with van der Waals surface area (Å²) in [7, 11) is 0. The van der Waals surface area contributed by atoms with Gasteiger partial charge in [0.2, 0.25) is 5.88 Å². The second-order valence-electron chi connectivity index (χ2n) is 3.41. The first-order chi connectivity index (χ1) is 7.72. The maximum absolute atomic E-state index is 10.8. The van der Waals surface area contributed by atoms with Gasteiger partial charge in [0.15, 0.2) is 0 Å². The molecule has 0 fully saturated rings. The third-order valence-electron chi connectivity index (χ3n) is 2.18. The van der Waals surface area contributed by atoms with Crippen molar-refractivity contribution in [3.63, 3.8) is 0 Å². The van der Waals surface area contributed by atoms with Crippen molar-refractivity contribution in [3.05, 3.63) is 24.0 Å². The molecule has 5 nitrogen and oxygen atoms in total. The largest absolute Gasteiger partial charge is 0.477 e. The number of aromatic nitrogens is 2. The standard InChI is InChI=1S/C11H12N2O3/c1-2-5-16-10-7-6-9(11(14)15)13-8(7)3-4-12-10/h3-4,6,13H,2,5H2,1H3,(H,14,15). The molecule has 0 atom stereocenters. The monoisotopic (exact) mass is 220 g/mol. The molecule has 2 aromatic heterocycles. The first-order valence-electron chi connectivity index (χ1n) is 5.06. The van der Waals surface area contributed by atoms with Gasteiger partial charge in [-0.3, -0.25) is 0 Å². The van der Waals surface area contributed by atoms with E-state index in [9.17, 15) is 4.79 Å². The summed E-state index contributed by atoms with van der Waals surface area (Å²) in [6.45, 7) is 2.57. The first-order valence-corrected chi connectivity index (χ1v) is 5.06. The topological polar surface area (TPSA) is 75.2 Å². The number of aromatic amines is 1. The Balaban J connectivity index is 2.45. The van der Waals surface area contributed by atoms with Crippen LogP contribution >= 0.6 is 0 Å². The summed E-state index contributed by atoms with van der Waals surface area (Å²) in [4.78, 5) is 17.7. The number of ether oxygens (including phenoxy) is 1. The number of nitrogens with one attached hydrogen (secondary N) is 1. The molecule has 2 N–H and O–H groups in total. The Morgan fingerprint density at radius 2 is 2.44 bits per heavy atom. The zero-order valence-corrected chi connectivity index (χ0v) is 8.86. The number of rotatable bonds is 4. The van der Waals surface area contributed by atoms with E-state index in [2.05, 4.69) is 9.97 Å². The van der Waals surface area contributed by atoms with Crippen molar-refractivity contribution in [1.29, 1.82) is 0 Å². The molecule has 0 aliphatic carbocycles. The highest BCUT2D eigenvalue weighted by Crippen LogP contribution is 2.23. The van der Waals surface area contributed by atoms with E-state index in [4.69, 9.17) is 9.84 Å². The normalized spacial score (nSPS) is 10.6. The maximum atomic E-state index is 10.8. The van der Waals surface area contributed by atoms with Gasteiger partial charge in [-0.1, -0.05) is 6.92 Å². The molecule has 0 spiro atoms. The smallest absolute Gasteiger partial charge is 0.352 e. The van der Waals surface area contributed by atoms with Crippen LogP contribution in [0.25, 0.3) is 10.9 Å². The molecule has 0 aliphatic rings. The van der Waals surface area contributed by atoms with E-state index in [1.807, 2.05) is 6.92 Å². The summed E-state index contributed by atoms with van der Waals surface area (Å²) >= 11 is 0. The Morgan fingerprint density at radius 3 is 3.12 bits per heavy atom. The van der Waals surface area contributed by atoms with Crippen LogP contribution in [0.15, 0.2) is 18.3 Å². The van der Waals surface area contributed by atoms with E-state index in [-0.39, 0.29) is 5.69 Å². The molecule has 0 saturated carbocycles. The lowest BCUT2D eigenvalue weighted by Gasteiger charge is -2.03. The van der Waals surface area contributed by atoms with Crippen LogP contribution in [0.5, 0.6) is 5.88 Å². The minimum Gasteiger partial charge on any atom is -0.477 e. The Kier molecular flexibility index (Phi) is 2.76. The van der Waals surface area contributed by atoms with Crippen LogP contribution < -0.4 is 4.74 Å². The number of nitrogens with zero attached hydrogens (tertiary/aromatic N) is 1. The highest BCUT2D eigenvalue weighted by atomic mass is 16.5. The van der Waals surface area contributed by atoms with Gasteiger partial charge in [-0.05, 0) is 18.6 Å². The van der Waals surface area contributed by atoms with Gasteiger partial charge in [-0.2, -0.15) is 0 Å². The summed E-state index contributed by atoms with van der Waals surface area (Å²) in [6.07, 6.45) is 2.48. The van der Waals surface area contributed by atoms with Gasteiger partial charge >= 0.3 is 5.97 Å². The van der Waals surface area contributed by atoms with Crippen molar-refractivity contribution in [1.82, 2.24) is 9.97 Å². The molecule has 16 heavy (non-hydrogen) atoms. The number of carboxylic acids is 1. The molecule has 0 bridgehead atoms. The number of pyridine rings is 1. The van der Waals surface area contributed by atoms with Gasteiger partial charge in [0.05, 0.1) is 17.5 Å². The maximum Gasteiger partial charge on any atom is 0.352 e. The van der Waals surface area contributed by atoms with Crippen LogP contribution in [-0.4, -0.2) is 27.7 Å². The van der Waals surface area contributed by atoms with Crippen molar-refractivity contribution < 1.29 is 14.6 Å². The predicted molar refractivity (Wildman–Crippen MR) is 58.8 cm³/mol. The highest BCUT2D eigenvalue weighted by molar-refractivity contribution is 5.95. The lowest BCUT2D eigenvalue weighted by atomic mass is 10.3. The number of hydrogen-bond donors (Lipinski definition) is 2. The van der Waals surface area contributed by atoms with Gasteiger partial charge in [0.1, 0.15) is 5.69 Å². The minimum atomic E-state index is -0.988. The Labute approximate surface area is 92.1 Å². The summed E-state index contributed by atoms with van der Waals surface area (Å²) in [5.41, 5.74) is 0.864. The third kappa shape index (κ3) is 1.84. The lowest BCUT2D eigenvalue weighted by Crippen LogP contribution is -1.97. The highest BCUT2D eigenvalue weighted by Gasteiger charge is 2.11. The molecule has 84 valence electrons. The molecule has 0 amide bonds. The molecule has 2 heterocycles. The number of carbonyl (C=O) groups is 1. The third-order valence-corrected chi connectivity index (χ3v) is 2.18. The summed E-state index contributed by atoms with van der Waals surface area (Å²) < 4.78 is 5.44. The van der Waals surface area contributed by atoms with Gasteiger partial charge < -0.3 is 14.8 Å². The second-order valence-corrected chi connectivity index (χ2v) is 3.41. The number of aromatic carboxylic acids is 1. The predicted octanol–water partition coefficient (Wildman–Crippen LogP) is 2.05. The van der Waals surface area contributed by atoms with Gasteiger partial charge in [-0.25, -0.2) is 9.78 Å². The molecule has 2 rings (SSSR count). The molecule has 5 heteroatoms. The van der Waals surface area contributed by atoms with Crippen LogP contribution in [0.3, 0.4) is 0 Å². The van der Waals surface area contributed by atoms with Gasteiger partial charge in [0, 0.05) is 6.20 Å². The van der Waals surface area contributed by atoms with Crippen molar-refractivity contribution in [2.24, 2.45) is 0 Å². The van der Waals surface area contributed by atoms with Crippen molar-refractivity contribution in [2.75, 3.05) is 6.61 Å². The average Bonchev–Trinajstić information content (AvgIpc) is 2.70. The lowest BCUT2D eigenvalue weighted by molar-refractivity contribution is 0.0691. The second kappa shape index (κ2) is 4.22. The van der Waals surface area contributed by atoms with Crippen molar-refractivity contribution in [2.45, 2.75) is 13.3 Å². The quantitative estimate of drug-likeness (QED) is 0.826. The molecule has 0 aliphatic heterocycles. The Morgan fingerprint density at radius 1 is 1.62 bits per heavy atom.